The van der Waals surface area contributed by atoms with Crippen molar-refractivity contribution in [2.24, 2.45) is 0 Å². The van der Waals surface area contributed by atoms with Gasteiger partial charge in [-0.3, -0.25) is 9.88 Å². The van der Waals surface area contributed by atoms with E-state index in [4.69, 9.17) is 14.8 Å². The van der Waals surface area contributed by atoms with E-state index in [9.17, 15) is 0 Å². The topological polar surface area (TPSA) is 69.1 Å². The maximum Gasteiger partial charge on any atom is 0.490 e. The number of ether oxygens (including phenoxy) is 1. The second-order valence-electron chi connectivity index (χ2n) is 4.82. The highest BCUT2D eigenvalue weighted by atomic mass is 16.5. The molecular weight excluding hydrogens is 245 g/mol. The highest BCUT2D eigenvalue weighted by Gasteiger charge is 2.14. The molecule has 0 atom stereocenters. The average molecular weight is 265 g/mol. The van der Waals surface area contributed by atoms with Crippen molar-refractivity contribution in [1.82, 2.24) is 14.8 Å². The molecule has 104 valence electrons. The van der Waals surface area contributed by atoms with Gasteiger partial charge in [0.2, 0.25) is 0 Å². The van der Waals surface area contributed by atoms with Crippen LogP contribution in [0.1, 0.15) is 0 Å². The maximum atomic E-state index is 9.05. The highest BCUT2D eigenvalue weighted by Crippen LogP contribution is 2.06. The van der Waals surface area contributed by atoms with Crippen molar-refractivity contribution in [2.45, 2.75) is 0 Å². The van der Waals surface area contributed by atoms with E-state index in [1.165, 1.54) is 6.20 Å². The molecule has 2 N–H and O–H groups in total. The van der Waals surface area contributed by atoms with E-state index < -0.39 is 7.12 Å². The summed E-state index contributed by atoms with van der Waals surface area (Å²) in [5.41, 5.74) is 0.345. The Hall–Kier alpha value is -1.15. The van der Waals surface area contributed by atoms with E-state index >= 15 is 0 Å². The number of pyridine rings is 1. The van der Waals surface area contributed by atoms with Gasteiger partial charge in [0.25, 0.3) is 0 Å². The van der Waals surface area contributed by atoms with Gasteiger partial charge in [0.05, 0.1) is 6.20 Å². The quantitative estimate of drug-likeness (QED) is 0.624. The summed E-state index contributed by atoms with van der Waals surface area (Å²) in [4.78, 5) is 8.59. The molecule has 2 heterocycles. The number of aromatic nitrogens is 1. The summed E-state index contributed by atoms with van der Waals surface area (Å²) in [5, 5.41) is 18.1. The Bertz CT molecular complexity index is 398. The van der Waals surface area contributed by atoms with Gasteiger partial charge >= 0.3 is 7.12 Å². The predicted octanol–water partition coefficient (Wildman–Crippen LogP) is -1.61. The monoisotopic (exact) mass is 265 g/mol. The zero-order chi connectivity index (χ0) is 13.7. The van der Waals surface area contributed by atoms with Crippen molar-refractivity contribution in [2.75, 3.05) is 46.4 Å². The lowest BCUT2D eigenvalue weighted by Crippen LogP contribution is -2.45. The summed E-state index contributed by atoms with van der Waals surface area (Å²) in [6, 6.07) is 1.60. The average Bonchev–Trinajstić information content (AvgIpc) is 2.41. The molecule has 0 spiro atoms. The second kappa shape index (κ2) is 6.86. The number of hydrogen-bond donors (Lipinski definition) is 2. The van der Waals surface area contributed by atoms with Gasteiger partial charge in [0, 0.05) is 44.4 Å². The van der Waals surface area contributed by atoms with E-state index in [0.717, 1.165) is 32.7 Å². The van der Waals surface area contributed by atoms with E-state index in [1.807, 2.05) is 0 Å². The van der Waals surface area contributed by atoms with Crippen LogP contribution in [-0.2, 0) is 0 Å². The molecule has 1 aliphatic heterocycles. The molecule has 1 fully saturated rings. The molecule has 1 aromatic heterocycles. The molecule has 0 radical (unpaired) electrons. The molecule has 1 aliphatic rings. The van der Waals surface area contributed by atoms with Crippen LogP contribution in [0.25, 0.3) is 0 Å². The lowest BCUT2D eigenvalue weighted by atomic mass is 9.82. The predicted molar refractivity (Wildman–Crippen MR) is 73.5 cm³/mol. The Morgan fingerprint density at radius 1 is 1.26 bits per heavy atom. The van der Waals surface area contributed by atoms with Crippen LogP contribution in [0.5, 0.6) is 5.75 Å². The van der Waals surface area contributed by atoms with Crippen LogP contribution in [0.2, 0.25) is 0 Å². The van der Waals surface area contributed by atoms with Gasteiger partial charge in [0.15, 0.2) is 0 Å². The SMILES string of the molecule is CN1CCN(CCOc2cncc(B(O)O)c2)CC1. The van der Waals surface area contributed by atoms with Gasteiger partial charge in [-0.25, -0.2) is 0 Å². The van der Waals surface area contributed by atoms with Crippen LogP contribution in [0.3, 0.4) is 0 Å². The first-order chi connectivity index (χ1) is 9.15. The third-order valence-electron chi connectivity index (χ3n) is 3.30. The van der Waals surface area contributed by atoms with Crippen molar-refractivity contribution < 1.29 is 14.8 Å². The Labute approximate surface area is 113 Å². The summed E-state index contributed by atoms with van der Waals surface area (Å²) >= 11 is 0. The first kappa shape index (κ1) is 14.3. The fourth-order valence-corrected chi connectivity index (χ4v) is 2.02. The van der Waals surface area contributed by atoms with Gasteiger partial charge in [-0.1, -0.05) is 0 Å². The van der Waals surface area contributed by atoms with Gasteiger partial charge in [-0.2, -0.15) is 0 Å². The Kier molecular flexibility index (Phi) is 5.15. The molecule has 1 saturated heterocycles. The molecule has 0 amide bonds. The number of nitrogens with zero attached hydrogens (tertiary/aromatic N) is 3. The first-order valence-electron chi connectivity index (χ1n) is 6.50. The third kappa shape index (κ3) is 4.47. The zero-order valence-electron chi connectivity index (χ0n) is 11.2. The lowest BCUT2D eigenvalue weighted by molar-refractivity contribution is 0.133. The normalized spacial score (nSPS) is 17.4. The number of likely N-dealkylation sites (N-methyl/N-ethyl adjacent to an activating group) is 1. The zero-order valence-corrected chi connectivity index (χ0v) is 11.2. The molecule has 0 aromatic carbocycles. The molecular formula is C12H20BN3O3. The highest BCUT2D eigenvalue weighted by molar-refractivity contribution is 6.58. The molecule has 0 saturated carbocycles. The minimum atomic E-state index is -1.51. The van der Waals surface area contributed by atoms with Crippen molar-refractivity contribution >= 4 is 12.6 Å². The molecule has 0 bridgehead atoms. The van der Waals surface area contributed by atoms with Crippen molar-refractivity contribution in [3.8, 4) is 5.75 Å². The maximum absolute atomic E-state index is 9.05. The van der Waals surface area contributed by atoms with Gasteiger partial charge in [-0.05, 0) is 13.1 Å². The largest absolute Gasteiger partial charge is 0.491 e. The number of rotatable bonds is 5. The first-order valence-corrected chi connectivity index (χ1v) is 6.50. The van der Waals surface area contributed by atoms with Crippen LogP contribution in [-0.4, -0.2) is 78.3 Å². The third-order valence-corrected chi connectivity index (χ3v) is 3.30. The number of hydrogen-bond acceptors (Lipinski definition) is 6. The van der Waals surface area contributed by atoms with Crippen LogP contribution in [0.4, 0.5) is 0 Å². The summed E-state index contributed by atoms with van der Waals surface area (Å²) in [6.07, 6.45) is 2.99. The molecule has 0 unspecified atom stereocenters. The fourth-order valence-electron chi connectivity index (χ4n) is 2.02. The summed E-state index contributed by atoms with van der Waals surface area (Å²) in [7, 11) is 0.624. The fraction of sp³-hybridized carbons (Fsp3) is 0.583. The molecule has 6 nitrogen and oxygen atoms in total. The van der Waals surface area contributed by atoms with E-state index in [-0.39, 0.29) is 0 Å². The molecule has 1 aromatic rings. The Balaban J connectivity index is 1.75. The van der Waals surface area contributed by atoms with E-state index in [2.05, 4.69) is 21.8 Å². The molecule has 2 rings (SSSR count). The van der Waals surface area contributed by atoms with Gasteiger partial charge in [0.1, 0.15) is 12.4 Å². The van der Waals surface area contributed by atoms with Gasteiger partial charge < -0.3 is 19.7 Å². The summed E-state index contributed by atoms with van der Waals surface area (Å²) < 4.78 is 5.59. The van der Waals surface area contributed by atoms with Crippen molar-refractivity contribution in [1.29, 1.82) is 0 Å². The van der Waals surface area contributed by atoms with Crippen LogP contribution >= 0.6 is 0 Å². The standard InChI is InChI=1S/C12H20BN3O3/c1-15-2-4-16(5-3-15)6-7-19-12-8-11(13(17)18)9-14-10-12/h8-10,17-18H,2-7H2,1H3. The van der Waals surface area contributed by atoms with Gasteiger partial charge in [-0.15, -0.1) is 0 Å². The molecule has 0 aliphatic carbocycles. The number of piperazine rings is 1. The molecule has 19 heavy (non-hydrogen) atoms. The minimum absolute atomic E-state index is 0.345. The van der Waals surface area contributed by atoms with Crippen molar-refractivity contribution in [3.63, 3.8) is 0 Å². The lowest BCUT2D eigenvalue weighted by Gasteiger charge is -2.32. The Morgan fingerprint density at radius 2 is 2.00 bits per heavy atom. The van der Waals surface area contributed by atoms with Crippen LogP contribution in [0.15, 0.2) is 18.5 Å². The van der Waals surface area contributed by atoms with E-state index in [1.54, 1.807) is 12.3 Å². The Morgan fingerprint density at radius 3 is 2.68 bits per heavy atom. The summed E-state index contributed by atoms with van der Waals surface area (Å²) in [5.74, 6) is 0.569. The van der Waals surface area contributed by atoms with Crippen LogP contribution < -0.4 is 10.2 Å². The minimum Gasteiger partial charge on any atom is -0.491 e. The summed E-state index contributed by atoms with van der Waals surface area (Å²) in [6.45, 7) is 5.76. The smallest absolute Gasteiger partial charge is 0.490 e. The van der Waals surface area contributed by atoms with E-state index in [0.29, 0.717) is 17.8 Å². The second-order valence-corrected chi connectivity index (χ2v) is 4.82. The van der Waals surface area contributed by atoms with Crippen molar-refractivity contribution in [3.05, 3.63) is 18.5 Å². The molecule has 7 heteroatoms. The van der Waals surface area contributed by atoms with Crippen LogP contribution in [0, 0.1) is 0 Å².